The molecule has 4 aromatic carbocycles. The zero-order chi connectivity index (χ0) is 27.8. The molecule has 5 rings (SSSR count). The topological polar surface area (TPSA) is 53.4 Å². The second-order valence-electron chi connectivity index (χ2n) is 9.49. The van der Waals surface area contributed by atoms with Crippen molar-refractivity contribution in [3.05, 3.63) is 162 Å². The third-order valence-electron chi connectivity index (χ3n) is 7.07. The predicted octanol–water partition coefficient (Wildman–Crippen LogP) is 7.11. The number of ketones is 1. The Morgan fingerprint density at radius 3 is 1.75 bits per heavy atom. The molecule has 0 atom stereocenters. The number of aryl methyl sites for hydroxylation is 1. The molecular formula is C35H32N2O3. The molecule has 0 fully saturated rings. The maximum atomic E-state index is 12.8. The average Bonchev–Trinajstić information content (AvgIpc) is 3.50. The quantitative estimate of drug-likeness (QED) is 0.104. The van der Waals surface area contributed by atoms with Gasteiger partial charge in [-0.1, -0.05) is 97.1 Å². The number of hydrogen-bond acceptors (Lipinski definition) is 4. The van der Waals surface area contributed by atoms with Crippen molar-refractivity contribution in [2.75, 3.05) is 14.2 Å². The molecule has 1 heterocycles. The number of hydrogen-bond donors (Lipinski definition) is 0. The highest BCUT2D eigenvalue weighted by atomic mass is 16.5. The van der Waals surface area contributed by atoms with Gasteiger partial charge < -0.3 is 14.0 Å². The maximum Gasteiger partial charge on any atom is 0.185 e. The van der Waals surface area contributed by atoms with E-state index in [1.165, 1.54) is 0 Å². The molecule has 0 aliphatic carbocycles. The van der Waals surface area contributed by atoms with Crippen molar-refractivity contribution in [1.29, 1.82) is 0 Å². The van der Waals surface area contributed by atoms with Crippen LogP contribution in [0.1, 0.15) is 39.2 Å². The smallest absolute Gasteiger partial charge is 0.185 e. The van der Waals surface area contributed by atoms with Gasteiger partial charge in [-0.15, -0.1) is 0 Å². The van der Waals surface area contributed by atoms with E-state index >= 15 is 0 Å². The van der Waals surface area contributed by atoms with Crippen molar-refractivity contribution in [2.45, 2.75) is 18.4 Å². The molecule has 0 saturated heterocycles. The van der Waals surface area contributed by atoms with E-state index in [-0.39, 0.29) is 5.78 Å². The van der Waals surface area contributed by atoms with Gasteiger partial charge in [0.15, 0.2) is 5.78 Å². The Labute approximate surface area is 235 Å². The second kappa shape index (κ2) is 12.3. The van der Waals surface area contributed by atoms with Gasteiger partial charge >= 0.3 is 0 Å². The van der Waals surface area contributed by atoms with Gasteiger partial charge in [0, 0.05) is 17.8 Å². The van der Waals surface area contributed by atoms with Crippen LogP contribution in [0.25, 0.3) is 0 Å². The molecule has 5 nitrogen and oxygen atoms in total. The summed E-state index contributed by atoms with van der Waals surface area (Å²) in [6.07, 6.45) is 8.92. The first-order valence-corrected chi connectivity index (χ1v) is 13.3. The van der Waals surface area contributed by atoms with Crippen LogP contribution < -0.4 is 9.47 Å². The number of allylic oxidation sites excluding steroid dienone is 2. The van der Waals surface area contributed by atoms with Crippen LogP contribution in [0.4, 0.5) is 0 Å². The van der Waals surface area contributed by atoms with Crippen molar-refractivity contribution >= 4 is 5.78 Å². The largest absolute Gasteiger partial charge is 0.497 e. The first-order chi connectivity index (χ1) is 19.6. The lowest BCUT2D eigenvalue weighted by Gasteiger charge is -2.37. The van der Waals surface area contributed by atoms with Crippen LogP contribution in [0.15, 0.2) is 134 Å². The zero-order valence-electron chi connectivity index (χ0n) is 22.7. The minimum Gasteiger partial charge on any atom is -0.497 e. The molecule has 1 aromatic heterocycles. The van der Waals surface area contributed by atoms with E-state index in [1.54, 1.807) is 38.5 Å². The minimum atomic E-state index is -0.591. The number of methoxy groups -OCH3 is 2. The first kappa shape index (κ1) is 26.7. The third-order valence-corrected chi connectivity index (χ3v) is 7.07. The summed E-state index contributed by atoms with van der Waals surface area (Å²) in [5.41, 5.74) is 4.33. The Hall–Kier alpha value is -4.90. The predicted molar refractivity (Wildman–Crippen MR) is 158 cm³/mol. The van der Waals surface area contributed by atoms with Crippen molar-refractivity contribution in [1.82, 2.24) is 9.55 Å². The molecule has 0 N–H and O–H groups in total. The molecule has 0 spiro atoms. The Balaban J connectivity index is 1.43. The molecule has 0 unspecified atom stereocenters. The molecule has 0 aliphatic heterocycles. The Morgan fingerprint density at radius 1 is 0.775 bits per heavy atom. The van der Waals surface area contributed by atoms with Crippen LogP contribution in [0.2, 0.25) is 0 Å². The fourth-order valence-electron chi connectivity index (χ4n) is 5.13. The zero-order valence-corrected chi connectivity index (χ0v) is 22.7. The number of rotatable bonds is 11. The standard InChI is InChI=1S/C35H32N2O3/c1-39-32-22-27(23-33(24-32)40-2)34(38)21-13-12-20-31-25-37(26-36-31)35(28-14-6-3-7-15-28,29-16-8-4-9-17-29)30-18-10-5-11-19-30/h3-11,13-19,21-26H,12,20H2,1-2H3/b21-13+. The number of aromatic nitrogens is 2. The molecule has 0 amide bonds. The lowest BCUT2D eigenvalue weighted by Crippen LogP contribution is -2.36. The lowest BCUT2D eigenvalue weighted by atomic mass is 9.77. The Bertz CT molecular complexity index is 1460. The van der Waals surface area contributed by atoms with Crippen molar-refractivity contribution in [3.8, 4) is 11.5 Å². The van der Waals surface area contributed by atoms with Gasteiger partial charge in [-0.2, -0.15) is 0 Å². The molecule has 5 heteroatoms. The Kier molecular flexibility index (Phi) is 8.21. The number of carbonyl (C=O) groups excluding carboxylic acids is 1. The van der Waals surface area contributed by atoms with Crippen LogP contribution in [0, 0.1) is 0 Å². The Morgan fingerprint density at radius 2 is 1.27 bits per heavy atom. The van der Waals surface area contributed by atoms with Crippen LogP contribution in [0.5, 0.6) is 11.5 Å². The van der Waals surface area contributed by atoms with E-state index in [1.807, 2.05) is 30.6 Å². The minimum absolute atomic E-state index is 0.0982. The van der Waals surface area contributed by atoms with E-state index in [4.69, 9.17) is 14.5 Å². The fraction of sp³-hybridized carbons (Fsp3) is 0.143. The SMILES string of the molecule is COc1cc(OC)cc(C(=O)/C=C/CCc2cn(C(c3ccccc3)(c3ccccc3)c3ccccc3)cn2)c1. The van der Waals surface area contributed by atoms with Crippen LogP contribution >= 0.6 is 0 Å². The summed E-state index contributed by atoms with van der Waals surface area (Å²) in [6.45, 7) is 0. The van der Waals surface area contributed by atoms with Gasteiger partial charge in [0.25, 0.3) is 0 Å². The molecule has 0 bridgehead atoms. The molecule has 40 heavy (non-hydrogen) atoms. The van der Waals surface area contributed by atoms with Crippen LogP contribution in [0.3, 0.4) is 0 Å². The number of nitrogens with zero attached hydrogens (tertiary/aromatic N) is 2. The van der Waals surface area contributed by atoms with Gasteiger partial charge in [0.2, 0.25) is 0 Å². The number of ether oxygens (including phenoxy) is 2. The number of benzene rings is 4. The highest BCUT2D eigenvalue weighted by molar-refractivity contribution is 6.05. The molecule has 5 aromatic rings. The summed E-state index contributed by atoms with van der Waals surface area (Å²) in [5, 5.41) is 0. The molecule has 0 radical (unpaired) electrons. The van der Waals surface area contributed by atoms with E-state index in [0.29, 0.717) is 29.9 Å². The van der Waals surface area contributed by atoms with Gasteiger partial charge in [0.05, 0.1) is 26.2 Å². The molecular weight excluding hydrogens is 496 g/mol. The van der Waals surface area contributed by atoms with E-state index in [2.05, 4.69) is 83.6 Å². The van der Waals surface area contributed by atoms with E-state index in [0.717, 1.165) is 22.4 Å². The molecule has 200 valence electrons. The average molecular weight is 529 g/mol. The van der Waals surface area contributed by atoms with Crippen LogP contribution in [-0.2, 0) is 12.0 Å². The van der Waals surface area contributed by atoms with Gasteiger partial charge in [-0.25, -0.2) is 4.98 Å². The lowest BCUT2D eigenvalue weighted by molar-refractivity contribution is 0.104. The number of imidazole rings is 1. The van der Waals surface area contributed by atoms with Crippen molar-refractivity contribution < 1.29 is 14.3 Å². The highest BCUT2D eigenvalue weighted by Crippen LogP contribution is 2.40. The van der Waals surface area contributed by atoms with Gasteiger partial charge in [-0.05, 0) is 47.7 Å². The fourth-order valence-corrected chi connectivity index (χ4v) is 5.13. The van der Waals surface area contributed by atoms with E-state index in [9.17, 15) is 4.79 Å². The summed E-state index contributed by atoms with van der Waals surface area (Å²) in [7, 11) is 3.14. The van der Waals surface area contributed by atoms with Crippen molar-refractivity contribution in [3.63, 3.8) is 0 Å². The summed E-state index contributed by atoms with van der Waals surface area (Å²) >= 11 is 0. The van der Waals surface area contributed by atoms with Gasteiger partial charge in [-0.3, -0.25) is 4.79 Å². The third kappa shape index (κ3) is 5.45. The van der Waals surface area contributed by atoms with Crippen molar-refractivity contribution in [2.24, 2.45) is 0 Å². The summed E-state index contributed by atoms with van der Waals surface area (Å²) < 4.78 is 12.8. The molecule has 0 saturated carbocycles. The molecule has 0 aliphatic rings. The maximum absolute atomic E-state index is 12.8. The van der Waals surface area contributed by atoms with Gasteiger partial charge in [0.1, 0.15) is 17.0 Å². The summed E-state index contributed by atoms with van der Waals surface area (Å²) in [5.74, 6) is 1.07. The van der Waals surface area contributed by atoms with Crippen LogP contribution in [-0.4, -0.2) is 29.6 Å². The summed E-state index contributed by atoms with van der Waals surface area (Å²) in [4.78, 5) is 17.6. The summed E-state index contributed by atoms with van der Waals surface area (Å²) in [6, 6.07) is 36.8. The highest BCUT2D eigenvalue weighted by Gasteiger charge is 2.38. The van der Waals surface area contributed by atoms with E-state index < -0.39 is 5.54 Å². The normalized spacial score (nSPS) is 11.4. The first-order valence-electron chi connectivity index (χ1n) is 13.3. The number of carbonyl (C=O) groups is 1. The second-order valence-corrected chi connectivity index (χ2v) is 9.49. The monoisotopic (exact) mass is 528 g/mol.